The molecule has 6 heteroatoms. The van der Waals surface area contributed by atoms with E-state index in [-0.39, 0.29) is 18.5 Å². The minimum absolute atomic E-state index is 0.0613. The minimum atomic E-state index is 0.0613. The number of hydrogen-bond acceptors (Lipinski definition) is 5. The van der Waals surface area contributed by atoms with Gasteiger partial charge in [-0.05, 0) is 38.0 Å². The lowest BCUT2D eigenvalue weighted by Gasteiger charge is -2.23. The third-order valence-electron chi connectivity index (χ3n) is 4.34. The average Bonchev–Trinajstić information content (AvgIpc) is 3.10. The molecule has 1 aliphatic rings. The van der Waals surface area contributed by atoms with Crippen molar-refractivity contribution in [3.8, 4) is 0 Å². The predicted octanol–water partition coefficient (Wildman–Crippen LogP) is 3.39. The van der Waals surface area contributed by atoms with Gasteiger partial charge in [-0.1, -0.05) is 18.2 Å². The monoisotopic (exact) mass is 338 g/mol. The van der Waals surface area contributed by atoms with Gasteiger partial charge in [-0.15, -0.1) is 11.3 Å². The lowest BCUT2D eigenvalue weighted by molar-refractivity contribution is -0.117. The van der Waals surface area contributed by atoms with Gasteiger partial charge in [-0.2, -0.15) is 0 Å². The van der Waals surface area contributed by atoms with Crippen LogP contribution in [0.15, 0.2) is 36.7 Å². The molecule has 0 fully saturated rings. The Morgan fingerprint density at radius 1 is 1.38 bits per heavy atom. The summed E-state index contributed by atoms with van der Waals surface area (Å²) in [5.74, 6) is 0.781. The maximum atomic E-state index is 12.8. The number of rotatable bonds is 3. The van der Waals surface area contributed by atoms with Crippen molar-refractivity contribution >= 4 is 39.0 Å². The first-order valence-corrected chi connectivity index (χ1v) is 8.80. The first kappa shape index (κ1) is 15.1. The van der Waals surface area contributed by atoms with Crippen molar-refractivity contribution in [2.24, 2.45) is 0 Å². The Bertz CT molecular complexity index is 920. The SMILES string of the molecule is Cc1cc2c(NCC(=O)N3c4ccccc4CC3C)ncnc2s1. The van der Waals surface area contributed by atoms with E-state index in [1.54, 1.807) is 17.7 Å². The molecule has 0 saturated carbocycles. The standard InChI is InChI=1S/C18H18N4OS/c1-11-7-13-5-3-4-6-15(13)22(11)16(23)9-19-17-14-8-12(2)24-18(14)21-10-20-17/h3-6,8,10-11H,7,9H2,1-2H3,(H,19,20,21). The van der Waals surface area contributed by atoms with Gasteiger partial charge >= 0.3 is 0 Å². The van der Waals surface area contributed by atoms with Gasteiger partial charge in [0.25, 0.3) is 0 Å². The molecule has 4 rings (SSSR count). The fourth-order valence-corrected chi connectivity index (χ4v) is 4.15. The highest BCUT2D eigenvalue weighted by Gasteiger charge is 2.30. The van der Waals surface area contributed by atoms with Gasteiger partial charge in [-0.3, -0.25) is 4.79 Å². The molecular weight excluding hydrogens is 320 g/mol. The van der Waals surface area contributed by atoms with Crippen LogP contribution in [0.2, 0.25) is 0 Å². The van der Waals surface area contributed by atoms with Crippen molar-refractivity contribution in [2.75, 3.05) is 16.8 Å². The fourth-order valence-electron chi connectivity index (χ4n) is 3.31. The van der Waals surface area contributed by atoms with Crippen LogP contribution in [0.3, 0.4) is 0 Å². The van der Waals surface area contributed by atoms with Gasteiger partial charge in [-0.25, -0.2) is 9.97 Å². The average molecular weight is 338 g/mol. The summed E-state index contributed by atoms with van der Waals surface area (Å²) in [6.07, 6.45) is 2.45. The Balaban J connectivity index is 1.54. The van der Waals surface area contributed by atoms with Crippen molar-refractivity contribution in [3.05, 3.63) is 47.1 Å². The molecule has 0 bridgehead atoms. The van der Waals surface area contributed by atoms with Crippen LogP contribution in [0.25, 0.3) is 10.2 Å². The number of thiophene rings is 1. The molecule has 0 saturated heterocycles. The summed E-state index contributed by atoms with van der Waals surface area (Å²) in [5, 5.41) is 4.17. The first-order valence-electron chi connectivity index (χ1n) is 7.98. The van der Waals surface area contributed by atoms with Crippen LogP contribution in [0.1, 0.15) is 17.4 Å². The molecule has 1 atom stereocenters. The Morgan fingerprint density at radius 2 is 2.21 bits per heavy atom. The van der Waals surface area contributed by atoms with E-state index in [9.17, 15) is 4.79 Å². The predicted molar refractivity (Wildman–Crippen MR) is 97.7 cm³/mol. The highest BCUT2D eigenvalue weighted by atomic mass is 32.1. The van der Waals surface area contributed by atoms with Crippen LogP contribution in [-0.2, 0) is 11.2 Å². The van der Waals surface area contributed by atoms with Crippen molar-refractivity contribution in [2.45, 2.75) is 26.3 Å². The van der Waals surface area contributed by atoms with Crippen molar-refractivity contribution in [1.29, 1.82) is 0 Å². The number of carbonyl (C=O) groups is 1. The second-order valence-electron chi connectivity index (χ2n) is 6.10. The van der Waals surface area contributed by atoms with Crippen LogP contribution < -0.4 is 10.2 Å². The van der Waals surface area contributed by atoms with E-state index >= 15 is 0 Å². The van der Waals surface area contributed by atoms with Crippen LogP contribution >= 0.6 is 11.3 Å². The summed E-state index contributed by atoms with van der Waals surface area (Å²) in [5.41, 5.74) is 2.26. The van der Waals surface area contributed by atoms with E-state index in [1.807, 2.05) is 30.0 Å². The van der Waals surface area contributed by atoms with E-state index in [2.05, 4.69) is 34.3 Å². The Hall–Kier alpha value is -2.47. The van der Waals surface area contributed by atoms with Crippen LogP contribution in [-0.4, -0.2) is 28.5 Å². The number of benzene rings is 1. The topological polar surface area (TPSA) is 58.1 Å². The Labute approximate surface area is 144 Å². The number of fused-ring (bicyclic) bond motifs is 2. The van der Waals surface area contributed by atoms with Gasteiger partial charge in [0, 0.05) is 16.6 Å². The molecule has 1 aliphatic heterocycles. The maximum absolute atomic E-state index is 12.8. The molecule has 0 aliphatic carbocycles. The molecule has 1 N–H and O–H groups in total. The number of para-hydroxylation sites is 1. The number of anilines is 2. The molecule has 3 heterocycles. The lowest BCUT2D eigenvalue weighted by Crippen LogP contribution is -2.39. The Morgan fingerprint density at radius 3 is 3.08 bits per heavy atom. The normalized spacial score (nSPS) is 16.4. The molecule has 1 unspecified atom stereocenters. The summed E-state index contributed by atoms with van der Waals surface area (Å²) >= 11 is 1.63. The van der Waals surface area contributed by atoms with Gasteiger partial charge in [0.1, 0.15) is 17.0 Å². The minimum Gasteiger partial charge on any atom is -0.360 e. The number of hydrogen-bond donors (Lipinski definition) is 1. The number of nitrogens with one attached hydrogen (secondary N) is 1. The van der Waals surface area contributed by atoms with Gasteiger partial charge in [0.15, 0.2) is 0 Å². The molecule has 1 amide bonds. The van der Waals surface area contributed by atoms with Crippen molar-refractivity contribution in [1.82, 2.24) is 9.97 Å². The zero-order valence-electron chi connectivity index (χ0n) is 13.6. The molecule has 24 heavy (non-hydrogen) atoms. The zero-order chi connectivity index (χ0) is 16.7. The second-order valence-corrected chi connectivity index (χ2v) is 7.33. The maximum Gasteiger partial charge on any atom is 0.246 e. The van der Waals surface area contributed by atoms with E-state index in [0.717, 1.165) is 28.1 Å². The highest BCUT2D eigenvalue weighted by molar-refractivity contribution is 7.18. The number of amides is 1. The second kappa shape index (κ2) is 5.87. The van der Waals surface area contributed by atoms with Crippen LogP contribution in [0.4, 0.5) is 11.5 Å². The van der Waals surface area contributed by atoms with Crippen molar-refractivity contribution in [3.63, 3.8) is 0 Å². The molecule has 1 aromatic carbocycles. The summed E-state index contributed by atoms with van der Waals surface area (Å²) in [7, 11) is 0. The fraction of sp³-hybridized carbons (Fsp3) is 0.278. The number of aryl methyl sites for hydroxylation is 1. The van der Waals surface area contributed by atoms with Crippen LogP contribution in [0.5, 0.6) is 0 Å². The molecular formula is C18H18N4OS. The Kier molecular flexibility index (Phi) is 3.69. The van der Waals surface area contributed by atoms with Crippen LogP contribution in [0, 0.1) is 6.92 Å². The number of carbonyl (C=O) groups excluding carboxylic acids is 1. The third kappa shape index (κ3) is 2.53. The van der Waals surface area contributed by atoms with Gasteiger partial charge < -0.3 is 10.2 Å². The number of aromatic nitrogens is 2. The third-order valence-corrected chi connectivity index (χ3v) is 5.29. The van der Waals surface area contributed by atoms with E-state index in [0.29, 0.717) is 0 Å². The largest absolute Gasteiger partial charge is 0.360 e. The molecule has 122 valence electrons. The molecule has 5 nitrogen and oxygen atoms in total. The van der Waals surface area contributed by atoms with E-state index < -0.39 is 0 Å². The summed E-state index contributed by atoms with van der Waals surface area (Å²) < 4.78 is 0. The lowest BCUT2D eigenvalue weighted by atomic mass is 10.1. The van der Waals surface area contributed by atoms with Gasteiger partial charge in [0.2, 0.25) is 5.91 Å². The number of nitrogens with zero attached hydrogens (tertiary/aromatic N) is 3. The first-order chi connectivity index (χ1) is 11.6. The summed E-state index contributed by atoms with van der Waals surface area (Å²) in [6, 6.07) is 10.4. The smallest absolute Gasteiger partial charge is 0.246 e. The molecule has 3 aromatic rings. The zero-order valence-corrected chi connectivity index (χ0v) is 14.4. The molecule has 2 aromatic heterocycles. The highest BCUT2D eigenvalue weighted by Crippen LogP contribution is 2.32. The molecule has 0 radical (unpaired) electrons. The quantitative estimate of drug-likeness (QED) is 0.795. The summed E-state index contributed by atoms with van der Waals surface area (Å²) in [4.78, 5) is 25.3. The van der Waals surface area contributed by atoms with Gasteiger partial charge in [0.05, 0.1) is 11.9 Å². The van der Waals surface area contributed by atoms with E-state index in [4.69, 9.17) is 0 Å². The molecule has 0 spiro atoms. The van der Waals surface area contributed by atoms with E-state index in [1.165, 1.54) is 10.4 Å². The summed E-state index contributed by atoms with van der Waals surface area (Å²) in [6.45, 7) is 4.35. The van der Waals surface area contributed by atoms with Crippen molar-refractivity contribution < 1.29 is 4.79 Å².